The summed E-state index contributed by atoms with van der Waals surface area (Å²) in [5.74, 6) is 0.738. The molecule has 0 saturated heterocycles. The first kappa shape index (κ1) is 11.7. The molecule has 0 aliphatic heterocycles. The molecule has 0 radical (unpaired) electrons. The molecule has 17 heavy (non-hydrogen) atoms. The zero-order valence-corrected chi connectivity index (χ0v) is 10.7. The Kier molecular flexibility index (Phi) is 2.51. The van der Waals surface area contributed by atoms with Gasteiger partial charge in [-0.15, -0.1) is 12.6 Å². The number of hydrogen-bond acceptors (Lipinski definition) is 4. The van der Waals surface area contributed by atoms with Gasteiger partial charge in [0.15, 0.2) is 6.29 Å². The molecule has 0 aromatic carbocycles. The quantitative estimate of drug-likeness (QED) is 0.598. The van der Waals surface area contributed by atoms with Crippen LogP contribution in [0.2, 0.25) is 0 Å². The van der Waals surface area contributed by atoms with Crippen LogP contribution in [-0.4, -0.2) is 20.9 Å². The van der Waals surface area contributed by atoms with E-state index >= 15 is 0 Å². The third-order valence-electron chi connectivity index (χ3n) is 2.56. The third kappa shape index (κ3) is 1.54. The molecule has 0 aliphatic rings. The zero-order valence-electron chi connectivity index (χ0n) is 9.77. The average Bonchev–Trinajstić information content (AvgIpc) is 2.76. The van der Waals surface area contributed by atoms with Gasteiger partial charge in [0.25, 0.3) is 0 Å². The molecular formula is C11H12N4OS. The fourth-order valence-electron chi connectivity index (χ4n) is 1.78. The molecule has 0 atom stereocenters. The Morgan fingerprint density at radius 1 is 1.53 bits per heavy atom. The smallest absolute Gasteiger partial charge is 0.155 e. The highest BCUT2D eigenvalue weighted by atomic mass is 32.1. The second kappa shape index (κ2) is 3.64. The van der Waals surface area contributed by atoms with Crippen molar-refractivity contribution in [3.05, 3.63) is 17.0 Å². The SMILES string of the molecule is CC(C)(C)c1n[nH]c2c(C=O)c(C#N)c(S)n12. The van der Waals surface area contributed by atoms with Crippen molar-refractivity contribution >= 4 is 24.6 Å². The first-order valence-corrected chi connectivity index (χ1v) is 5.54. The number of aromatic nitrogens is 3. The first-order chi connectivity index (χ1) is 7.91. The highest BCUT2D eigenvalue weighted by molar-refractivity contribution is 7.80. The number of H-pyrrole nitrogens is 1. The maximum Gasteiger partial charge on any atom is 0.155 e. The normalized spacial score (nSPS) is 11.7. The molecule has 2 aromatic heterocycles. The van der Waals surface area contributed by atoms with Crippen molar-refractivity contribution < 1.29 is 4.79 Å². The van der Waals surface area contributed by atoms with Gasteiger partial charge in [-0.25, -0.2) is 0 Å². The van der Waals surface area contributed by atoms with Crippen molar-refractivity contribution in [1.29, 1.82) is 5.26 Å². The predicted octanol–water partition coefficient (Wildman–Crippen LogP) is 1.93. The summed E-state index contributed by atoms with van der Waals surface area (Å²) < 4.78 is 1.71. The first-order valence-electron chi connectivity index (χ1n) is 5.09. The summed E-state index contributed by atoms with van der Waals surface area (Å²) in [6.45, 7) is 6.01. The van der Waals surface area contributed by atoms with Crippen LogP contribution in [0.15, 0.2) is 5.03 Å². The number of carbonyl (C=O) groups excluding carboxylic acids is 1. The Hall–Kier alpha value is -1.74. The van der Waals surface area contributed by atoms with Crippen LogP contribution in [0, 0.1) is 11.3 Å². The van der Waals surface area contributed by atoms with Gasteiger partial charge in [-0.1, -0.05) is 20.8 Å². The molecular weight excluding hydrogens is 236 g/mol. The Morgan fingerprint density at radius 3 is 2.65 bits per heavy atom. The molecule has 2 aromatic rings. The van der Waals surface area contributed by atoms with Gasteiger partial charge in [-0.3, -0.25) is 14.3 Å². The molecule has 0 unspecified atom stereocenters. The zero-order chi connectivity index (χ0) is 12.8. The van der Waals surface area contributed by atoms with Crippen LogP contribution in [-0.2, 0) is 5.41 Å². The molecule has 2 rings (SSSR count). The lowest BCUT2D eigenvalue weighted by atomic mass is 9.96. The van der Waals surface area contributed by atoms with Gasteiger partial charge < -0.3 is 0 Å². The maximum absolute atomic E-state index is 11.0. The van der Waals surface area contributed by atoms with Crippen LogP contribution in [0.5, 0.6) is 0 Å². The topological polar surface area (TPSA) is 73.9 Å². The number of fused-ring (bicyclic) bond motifs is 1. The van der Waals surface area contributed by atoms with E-state index in [1.807, 2.05) is 26.8 Å². The van der Waals surface area contributed by atoms with Crippen molar-refractivity contribution in [2.75, 3.05) is 0 Å². The van der Waals surface area contributed by atoms with E-state index in [0.717, 1.165) is 5.82 Å². The minimum Gasteiger partial charge on any atom is -0.298 e. The fraction of sp³-hybridized carbons (Fsp3) is 0.364. The highest BCUT2D eigenvalue weighted by Gasteiger charge is 2.26. The molecule has 5 nitrogen and oxygen atoms in total. The summed E-state index contributed by atoms with van der Waals surface area (Å²) in [6.07, 6.45) is 0.651. The van der Waals surface area contributed by atoms with Crippen LogP contribution < -0.4 is 0 Å². The minimum absolute atomic E-state index is 0.207. The molecule has 0 fully saturated rings. The molecule has 0 aliphatic carbocycles. The molecule has 2 heterocycles. The molecule has 0 spiro atoms. The van der Waals surface area contributed by atoms with Crippen molar-refractivity contribution in [2.45, 2.75) is 31.2 Å². The Bertz CT molecular complexity index is 639. The Morgan fingerprint density at radius 2 is 2.18 bits per heavy atom. The maximum atomic E-state index is 11.0. The van der Waals surface area contributed by atoms with E-state index in [-0.39, 0.29) is 11.0 Å². The van der Waals surface area contributed by atoms with E-state index < -0.39 is 0 Å². The number of aldehydes is 1. The Labute approximate surface area is 104 Å². The number of nitrogens with one attached hydrogen (secondary N) is 1. The van der Waals surface area contributed by atoms with Gasteiger partial charge in [0.2, 0.25) is 0 Å². The van der Waals surface area contributed by atoms with E-state index in [2.05, 4.69) is 22.8 Å². The molecule has 6 heteroatoms. The van der Waals surface area contributed by atoms with Crippen LogP contribution in [0.4, 0.5) is 0 Å². The molecule has 88 valence electrons. The average molecular weight is 248 g/mol. The van der Waals surface area contributed by atoms with Crippen LogP contribution in [0.3, 0.4) is 0 Å². The van der Waals surface area contributed by atoms with Gasteiger partial charge >= 0.3 is 0 Å². The summed E-state index contributed by atoms with van der Waals surface area (Å²) in [4.78, 5) is 11.0. The van der Waals surface area contributed by atoms with Crippen molar-refractivity contribution in [2.24, 2.45) is 0 Å². The summed E-state index contributed by atoms with van der Waals surface area (Å²) in [5, 5.41) is 16.5. The summed E-state index contributed by atoms with van der Waals surface area (Å²) in [5.41, 5.74) is 0.899. The van der Waals surface area contributed by atoms with E-state index in [9.17, 15) is 4.79 Å². The van der Waals surface area contributed by atoms with E-state index in [0.29, 0.717) is 22.5 Å². The summed E-state index contributed by atoms with van der Waals surface area (Å²) >= 11 is 4.31. The largest absolute Gasteiger partial charge is 0.298 e. The number of hydrogen-bond donors (Lipinski definition) is 2. The van der Waals surface area contributed by atoms with Crippen LogP contribution >= 0.6 is 12.6 Å². The van der Waals surface area contributed by atoms with Gasteiger partial charge in [-0.05, 0) is 0 Å². The second-order valence-electron chi connectivity index (χ2n) is 4.82. The number of carbonyl (C=O) groups is 1. The van der Waals surface area contributed by atoms with Gasteiger partial charge in [0.05, 0.1) is 16.2 Å². The Balaban J connectivity index is 2.93. The number of thiol groups is 1. The monoisotopic (exact) mass is 248 g/mol. The standard InChI is InChI=1S/C11H12N4OS/c1-11(2,3)10-14-13-8-7(5-16)6(4-12)9(17)15(8)10/h5,13,17H,1-3H3. The number of nitrogens with zero attached hydrogens (tertiary/aromatic N) is 3. The lowest BCUT2D eigenvalue weighted by Gasteiger charge is -2.15. The lowest BCUT2D eigenvalue weighted by Crippen LogP contribution is -2.16. The summed E-state index contributed by atoms with van der Waals surface area (Å²) in [7, 11) is 0. The second-order valence-corrected chi connectivity index (χ2v) is 5.25. The van der Waals surface area contributed by atoms with Gasteiger partial charge in [0.1, 0.15) is 17.5 Å². The van der Waals surface area contributed by atoms with E-state index in [4.69, 9.17) is 5.26 Å². The van der Waals surface area contributed by atoms with Crippen molar-refractivity contribution in [3.8, 4) is 6.07 Å². The highest BCUT2D eigenvalue weighted by Crippen LogP contribution is 2.29. The number of nitriles is 1. The van der Waals surface area contributed by atoms with Crippen LogP contribution in [0.25, 0.3) is 5.65 Å². The molecule has 0 amide bonds. The third-order valence-corrected chi connectivity index (χ3v) is 2.99. The molecule has 0 bridgehead atoms. The summed E-state index contributed by atoms with van der Waals surface area (Å²) in [6, 6.07) is 1.99. The van der Waals surface area contributed by atoms with Crippen molar-refractivity contribution in [3.63, 3.8) is 0 Å². The van der Waals surface area contributed by atoms with Gasteiger partial charge in [0, 0.05) is 5.41 Å². The van der Waals surface area contributed by atoms with Gasteiger partial charge in [-0.2, -0.15) is 10.4 Å². The van der Waals surface area contributed by atoms with E-state index in [1.165, 1.54) is 0 Å². The fourth-order valence-corrected chi connectivity index (χ4v) is 2.14. The molecule has 1 N–H and O–H groups in total. The van der Waals surface area contributed by atoms with E-state index in [1.54, 1.807) is 4.40 Å². The van der Waals surface area contributed by atoms with Crippen LogP contribution in [0.1, 0.15) is 42.5 Å². The number of aromatic amines is 1. The predicted molar refractivity (Wildman–Crippen MR) is 65.6 cm³/mol. The van der Waals surface area contributed by atoms with Crippen molar-refractivity contribution in [1.82, 2.24) is 14.6 Å². The molecule has 0 saturated carbocycles. The minimum atomic E-state index is -0.207. The lowest BCUT2D eigenvalue weighted by molar-refractivity contribution is 0.112. The number of rotatable bonds is 1.